The monoisotopic (exact) mass is 325 g/mol. The van der Waals surface area contributed by atoms with Crippen LogP contribution >= 0.6 is 15.9 Å². The second kappa shape index (κ2) is 5.81. The summed E-state index contributed by atoms with van der Waals surface area (Å²) >= 11 is 3.58. The van der Waals surface area contributed by atoms with Crippen molar-refractivity contribution in [2.45, 2.75) is 31.7 Å². The van der Waals surface area contributed by atoms with Gasteiger partial charge >= 0.3 is 0 Å². The molecule has 0 aliphatic carbocycles. The smallest absolute Gasteiger partial charge is 0.125 e. The molecule has 0 spiro atoms. The molecule has 1 aromatic carbocycles. The third-order valence-corrected chi connectivity index (χ3v) is 4.43. The van der Waals surface area contributed by atoms with Gasteiger partial charge in [-0.25, -0.2) is 0 Å². The van der Waals surface area contributed by atoms with Crippen molar-refractivity contribution in [1.29, 1.82) is 0 Å². The van der Waals surface area contributed by atoms with Crippen molar-refractivity contribution in [3.8, 4) is 5.75 Å². The van der Waals surface area contributed by atoms with Gasteiger partial charge in [0.25, 0.3) is 0 Å². The summed E-state index contributed by atoms with van der Waals surface area (Å²) in [5.41, 5.74) is 8.85. The molecule has 1 fully saturated rings. The summed E-state index contributed by atoms with van der Waals surface area (Å²) < 4.78 is 12.3. The largest absolute Gasteiger partial charge is 0.493 e. The number of rotatable bonds is 4. The van der Waals surface area contributed by atoms with Crippen molar-refractivity contribution in [2.75, 3.05) is 19.8 Å². The number of halogens is 1. The highest BCUT2D eigenvalue weighted by molar-refractivity contribution is 9.10. The molecule has 3 rings (SSSR count). The third-order valence-electron chi connectivity index (χ3n) is 3.97. The summed E-state index contributed by atoms with van der Waals surface area (Å²) in [5, 5.41) is 0. The molecule has 2 aliphatic heterocycles. The minimum atomic E-state index is 0.189. The van der Waals surface area contributed by atoms with Crippen LogP contribution in [0.5, 0.6) is 5.75 Å². The fraction of sp³-hybridized carbons (Fsp3) is 0.600. The lowest BCUT2D eigenvalue weighted by Crippen LogP contribution is -2.26. The highest BCUT2D eigenvalue weighted by Crippen LogP contribution is 2.34. The number of nitrogens with two attached hydrogens (primary N) is 1. The highest BCUT2D eigenvalue weighted by Gasteiger charge is 2.22. The third kappa shape index (κ3) is 3.12. The zero-order valence-electron chi connectivity index (χ0n) is 11.0. The molecule has 0 saturated carbocycles. The molecule has 2 atom stereocenters. The maximum atomic E-state index is 6.30. The van der Waals surface area contributed by atoms with Crippen LogP contribution in [0.4, 0.5) is 0 Å². The van der Waals surface area contributed by atoms with Crippen molar-refractivity contribution >= 4 is 15.9 Å². The first-order valence-electron chi connectivity index (χ1n) is 7.00. The van der Waals surface area contributed by atoms with Gasteiger partial charge in [-0.05, 0) is 48.4 Å². The number of fused-ring (bicyclic) bond motifs is 1. The standard InChI is InChI=1S/C15H20BrNO2/c16-13-6-11-2-4-19-15(11)12(7-13)8-14(17)5-10-1-3-18-9-10/h6-7,10,14H,1-5,8-9,17H2. The Hall–Kier alpha value is -0.580. The summed E-state index contributed by atoms with van der Waals surface area (Å²) in [6.45, 7) is 2.57. The fourth-order valence-corrected chi connectivity index (χ4v) is 3.61. The van der Waals surface area contributed by atoms with Crippen molar-refractivity contribution in [1.82, 2.24) is 0 Å². The maximum Gasteiger partial charge on any atom is 0.125 e. The fourth-order valence-electron chi connectivity index (χ4n) is 3.06. The topological polar surface area (TPSA) is 44.5 Å². The van der Waals surface area contributed by atoms with Gasteiger partial charge in [-0.2, -0.15) is 0 Å². The van der Waals surface area contributed by atoms with Gasteiger partial charge in [-0.3, -0.25) is 0 Å². The normalized spacial score (nSPS) is 23.2. The molecule has 0 amide bonds. The molecule has 19 heavy (non-hydrogen) atoms. The van der Waals surface area contributed by atoms with Gasteiger partial charge in [0, 0.05) is 30.1 Å². The highest BCUT2D eigenvalue weighted by atomic mass is 79.9. The molecule has 1 aromatic rings. The predicted octanol–water partition coefficient (Wildman–Crippen LogP) is 2.68. The van der Waals surface area contributed by atoms with E-state index in [-0.39, 0.29) is 6.04 Å². The Balaban J connectivity index is 1.68. The lowest BCUT2D eigenvalue weighted by molar-refractivity contribution is 0.182. The SMILES string of the molecule is NC(Cc1cc(Br)cc2c1OCC2)CC1CCOC1. The Bertz CT molecular complexity index is 458. The van der Waals surface area contributed by atoms with E-state index in [0.717, 1.165) is 55.7 Å². The zero-order valence-corrected chi connectivity index (χ0v) is 12.6. The van der Waals surface area contributed by atoms with Gasteiger partial charge in [0.15, 0.2) is 0 Å². The van der Waals surface area contributed by atoms with Gasteiger partial charge in [-0.15, -0.1) is 0 Å². The van der Waals surface area contributed by atoms with E-state index < -0.39 is 0 Å². The average Bonchev–Trinajstić information content (AvgIpc) is 2.99. The number of ether oxygens (including phenoxy) is 2. The van der Waals surface area contributed by atoms with E-state index in [4.69, 9.17) is 15.2 Å². The molecular weight excluding hydrogens is 306 g/mol. The summed E-state index contributed by atoms with van der Waals surface area (Å²) in [6, 6.07) is 4.49. The van der Waals surface area contributed by atoms with Crippen LogP contribution in [0.15, 0.2) is 16.6 Å². The van der Waals surface area contributed by atoms with Crippen molar-refractivity contribution in [2.24, 2.45) is 11.7 Å². The maximum absolute atomic E-state index is 6.30. The molecule has 2 heterocycles. The van der Waals surface area contributed by atoms with Crippen LogP contribution in [0.1, 0.15) is 24.0 Å². The van der Waals surface area contributed by atoms with Crippen molar-refractivity contribution in [3.05, 3.63) is 27.7 Å². The second-order valence-electron chi connectivity index (χ2n) is 5.58. The van der Waals surface area contributed by atoms with Crippen LogP contribution in [0.3, 0.4) is 0 Å². The molecule has 1 saturated heterocycles. The quantitative estimate of drug-likeness (QED) is 0.925. The van der Waals surface area contributed by atoms with E-state index in [1.807, 2.05) is 0 Å². The van der Waals surface area contributed by atoms with E-state index in [9.17, 15) is 0 Å². The first kappa shape index (κ1) is 13.4. The molecule has 0 aromatic heterocycles. The zero-order chi connectivity index (χ0) is 13.2. The van der Waals surface area contributed by atoms with Gasteiger partial charge in [0.2, 0.25) is 0 Å². The Morgan fingerprint density at radius 3 is 3.05 bits per heavy atom. The first-order chi connectivity index (χ1) is 9.22. The molecular formula is C15H20BrNO2. The van der Waals surface area contributed by atoms with Crippen LogP contribution in [0, 0.1) is 5.92 Å². The molecule has 3 nitrogen and oxygen atoms in total. The summed E-state index contributed by atoms with van der Waals surface area (Å²) in [4.78, 5) is 0. The Morgan fingerprint density at radius 2 is 2.26 bits per heavy atom. The second-order valence-corrected chi connectivity index (χ2v) is 6.50. The van der Waals surface area contributed by atoms with E-state index >= 15 is 0 Å². The molecule has 0 radical (unpaired) electrons. The molecule has 104 valence electrons. The van der Waals surface area contributed by atoms with Crippen LogP contribution in [0.2, 0.25) is 0 Å². The number of benzene rings is 1. The average molecular weight is 326 g/mol. The van der Waals surface area contributed by atoms with Crippen LogP contribution in [-0.2, 0) is 17.6 Å². The van der Waals surface area contributed by atoms with Gasteiger partial charge in [0.1, 0.15) is 5.75 Å². The number of hydrogen-bond donors (Lipinski definition) is 1. The summed E-state index contributed by atoms with van der Waals surface area (Å²) in [6.07, 6.45) is 4.09. The molecule has 2 N–H and O–H groups in total. The summed E-state index contributed by atoms with van der Waals surface area (Å²) in [5.74, 6) is 1.71. The van der Waals surface area contributed by atoms with Gasteiger partial charge < -0.3 is 15.2 Å². The lowest BCUT2D eigenvalue weighted by Gasteiger charge is -2.17. The van der Waals surface area contributed by atoms with Crippen LogP contribution in [-0.4, -0.2) is 25.9 Å². The minimum absolute atomic E-state index is 0.189. The van der Waals surface area contributed by atoms with Crippen molar-refractivity contribution < 1.29 is 9.47 Å². The number of hydrogen-bond acceptors (Lipinski definition) is 3. The predicted molar refractivity (Wildman–Crippen MR) is 78.6 cm³/mol. The molecule has 4 heteroatoms. The van der Waals surface area contributed by atoms with Gasteiger partial charge in [0.05, 0.1) is 6.61 Å². The summed E-state index contributed by atoms with van der Waals surface area (Å²) in [7, 11) is 0. The van der Waals surface area contributed by atoms with Crippen LogP contribution < -0.4 is 10.5 Å². The molecule has 2 unspecified atom stereocenters. The lowest BCUT2D eigenvalue weighted by atomic mass is 9.94. The van der Waals surface area contributed by atoms with Crippen LogP contribution in [0.25, 0.3) is 0 Å². The Morgan fingerprint density at radius 1 is 1.37 bits per heavy atom. The Kier molecular flexibility index (Phi) is 4.10. The minimum Gasteiger partial charge on any atom is -0.493 e. The van der Waals surface area contributed by atoms with E-state index in [1.165, 1.54) is 11.1 Å². The van der Waals surface area contributed by atoms with Gasteiger partial charge in [-0.1, -0.05) is 15.9 Å². The molecule has 0 bridgehead atoms. The van der Waals surface area contributed by atoms with E-state index in [0.29, 0.717) is 5.92 Å². The Labute approximate surface area is 122 Å². The molecule has 2 aliphatic rings. The first-order valence-corrected chi connectivity index (χ1v) is 7.79. The van der Waals surface area contributed by atoms with Crippen molar-refractivity contribution in [3.63, 3.8) is 0 Å². The van der Waals surface area contributed by atoms with E-state index in [1.54, 1.807) is 0 Å². The van der Waals surface area contributed by atoms with E-state index in [2.05, 4.69) is 28.1 Å².